The Kier molecular flexibility index (Phi) is 7.21. The van der Waals surface area contributed by atoms with E-state index in [0.29, 0.717) is 24.0 Å². The third kappa shape index (κ3) is 4.79. The largest absolute Gasteiger partial charge is 0.458 e. The van der Waals surface area contributed by atoms with Gasteiger partial charge < -0.3 is 19.3 Å². The molecule has 41 heavy (non-hydrogen) atoms. The second-order valence-corrected chi connectivity index (χ2v) is 14.3. The highest BCUT2D eigenvalue weighted by atomic mass is 32.2. The van der Waals surface area contributed by atoms with Crippen molar-refractivity contribution in [2.24, 2.45) is 0 Å². The van der Waals surface area contributed by atoms with Gasteiger partial charge in [0.1, 0.15) is 17.0 Å². The van der Waals surface area contributed by atoms with Crippen LogP contribution in [-0.2, 0) is 38.5 Å². The number of ether oxygens (including phenoxy) is 2. The molecule has 4 atom stereocenters. The van der Waals surface area contributed by atoms with Crippen molar-refractivity contribution in [1.82, 2.24) is 9.80 Å². The van der Waals surface area contributed by atoms with Crippen LogP contribution >= 0.6 is 0 Å². The number of amides is 2. The minimum atomic E-state index is -4.38. The van der Waals surface area contributed by atoms with Crippen molar-refractivity contribution in [2.75, 3.05) is 6.54 Å². The Morgan fingerprint density at radius 1 is 0.951 bits per heavy atom. The molecule has 0 radical (unpaired) electrons. The van der Waals surface area contributed by atoms with E-state index in [4.69, 9.17) is 9.47 Å². The zero-order valence-corrected chi connectivity index (χ0v) is 24.3. The average Bonchev–Trinajstić information content (AvgIpc) is 3.47. The summed E-state index contributed by atoms with van der Waals surface area (Å²) in [5, 5.41) is -1.32. The molecule has 0 bridgehead atoms. The zero-order valence-electron chi connectivity index (χ0n) is 23.5. The Balaban J connectivity index is 1.53. The lowest BCUT2D eigenvalue weighted by Crippen LogP contribution is -2.62. The lowest BCUT2D eigenvalue weighted by atomic mass is 9.94. The number of sulfone groups is 1. The van der Waals surface area contributed by atoms with Crippen molar-refractivity contribution in [3.63, 3.8) is 0 Å². The monoisotopic (exact) mass is 582 g/mol. The Labute approximate surface area is 239 Å². The Morgan fingerprint density at radius 3 is 2.02 bits per heavy atom. The molecular formula is C30H34N2O8S. The van der Waals surface area contributed by atoms with Crippen molar-refractivity contribution in [1.29, 1.82) is 0 Å². The highest BCUT2D eigenvalue weighted by molar-refractivity contribution is 7.94. The van der Waals surface area contributed by atoms with Gasteiger partial charge in [-0.1, -0.05) is 60.7 Å². The van der Waals surface area contributed by atoms with Crippen LogP contribution in [0, 0.1) is 0 Å². The number of hydrogen-bond donors (Lipinski definition) is 0. The number of likely N-dealkylation sites (tertiary alicyclic amines) is 1. The van der Waals surface area contributed by atoms with Crippen LogP contribution < -0.4 is 0 Å². The quantitative estimate of drug-likeness (QED) is 0.376. The minimum Gasteiger partial charge on any atom is -0.458 e. The Hall–Kier alpha value is -3.73. The van der Waals surface area contributed by atoms with Crippen LogP contribution in [0.3, 0.4) is 0 Å². The smallest absolute Gasteiger partial charge is 0.332 e. The standard InChI is InChI=1S/C30H34N2O8S/c1-29(2,3)40-26(34)21-16-11-17-31(21)28(36)30(4)25(32-22(33)18-23(32)41(30,37)38)27(35)39-24(19-12-7-5-8-13-19)20-14-9-6-10-15-20/h5-10,12-15,21,23-25H,11,16-18H2,1-4H3/t21?,23-,25+,30-/m1/s1. The van der Waals surface area contributed by atoms with E-state index in [9.17, 15) is 27.6 Å². The maximum Gasteiger partial charge on any atom is 0.332 e. The minimum absolute atomic E-state index is 0.116. The number of esters is 2. The van der Waals surface area contributed by atoms with Crippen LogP contribution in [0.1, 0.15) is 64.2 Å². The van der Waals surface area contributed by atoms with E-state index in [1.807, 2.05) is 12.1 Å². The molecule has 218 valence electrons. The number of fused-ring (bicyclic) bond motifs is 1. The van der Waals surface area contributed by atoms with Gasteiger partial charge in [0.05, 0.1) is 6.42 Å². The fraction of sp³-hybridized carbons (Fsp3) is 0.467. The van der Waals surface area contributed by atoms with E-state index in [1.54, 1.807) is 69.3 Å². The van der Waals surface area contributed by atoms with Crippen molar-refractivity contribution >= 4 is 33.6 Å². The van der Waals surface area contributed by atoms with E-state index >= 15 is 0 Å². The van der Waals surface area contributed by atoms with Gasteiger partial charge in [0.25, 0.3) is 0 Å². The normalized spacial score (nSPS) is 26.9. The van der Waals surface area contributed by atoms with Gasteiger partial charge in [0.2, 0.25) is 11.8 Å². The fourth-order valence-corrected chi connectivity index (χ4v) is 8.27. The summed E-state index contributed by atoms with van der Waals surface area (Å²) in [6.07, 6.45) is -0.492. The molecule has 3 fully saturated rings. The van der Waals surface area contributed by atoms with Gasteiger partial charge in [-0.15, -0.1) is 0 Å². The molecular weight excluding hydrogens is 548 g/mol. The first kappa shape index (κ1) is 28.8. The highest BCUT2D eigenvalue weighted by Gasteiger charge is 2.74. The topological polar surface area (TPSA) is 127 Å². The molecule has 2 aromatic rings. The SMILES string of the molecule is CC(C)(C)OC(=O)C1CCCN1C(=O)[C@@]1(C)[C@H](C(=O)OC(c2ccccc2)c2ccccc2)N2C(=O)C[C@H]2S1(=O)=O. The molecule has 0 aliphatic carbocycles. The summed E-state index contributed by atoms with van der Waals surface area (Å²) >= 11 is 0. The molecule has 10 nitrogen and oxygen atoms in total. The van der Waals surface area contributed by atoms with Crippen LogP contribution in [0.15, 0.2) is 60.7 Å². The molecule has 11 heteroatoms. The van der Waals surface area contributed by atoms with Crippen molar-refractivity contribution in [3.05, 3.63) is 71.8 Å². The molecule has 0 aromatic heterocycles. The molecule has 3 aliphatic rings. The first-order valence-corrected chi connectivity index (χ1v) is 15.2. The van der Waals surface area contributed by atoms with E-state index in [2.05, 4.69) is 0 Å². The summed E-state index contributed by atoms with van der Waals surface area (Å²) in [4.78, 5) is 56.2. The molecule has 3 saturated heterocycles. The third-order valence-corrected chi connectivity index (χ3v) is 10.7. The number of rotatable bonds is 6. The van der Waals surface area contributed by atoms with Crippen molar-refractivity contribution in [3.8, 4) is 0 Å². The predicted molar refractivity (Wildman–Crippen MR) is 148 cm³/mol. The number of β-lactam (4-membered cyclic amide) rings is 1. The van der Waals surface area contributed by atoms with Gasteiger partial charge in [-0.05, 0) is 51.7 Å². The highest BCUT2D eigenvalue weighted by Crippen LogP contribution is 2.48. The summed E-state index contributed by atoms with van der Waals surface area (Å²) in [5.74, 6) is -3.12. The van der Waals surface area contributed by atoms with Gasteiger partial charge in [0, 0.05) is 6.54 Å². The van der Waals surface area contributed by atoms with Crippen LogP contribution in [0.25, 0.3) is 0 Å². The van der Waals surface area contributed by atoms with E-state index in [0.717, 1.165) is 4.90 Å². The van der Waals surface area contributed by atoms with Crippen LogP contribution in [0.4, 0.5) is 0 Å². The number of benzene rings is 2. The van der Waals surface area contributed by atoms with Gasteiger partial charge in [-0.2, -0.15) is 0 Å². The predicted octanol–water partition coefficient (Wildman–Crippen LogP) is 2.77. The summed E-state index contributed by atoms with van der Waals surface area (Å²) < 4.78 is 36.9. The van der Waals surface area contributed by atoms with Gasteiger partial charge in [0.15, 0.2) is 26.7 Å². The maximum atomic E-state index is 14.2. The Morgan fingerprint density at radius 2 is 1.51 bits per heavy atom. The van der Waals surface area contributed by atoms with Crippen molar-refractivity contribution in [2.45, 2.75) is 80.9 Å². The van der Waals surface area contributed by atoms with Crippen LogP contribution in [0.2, 0.25) is 0 Å². The second kappa shape index (κ2) is 10.3. The first-order chi connectivity index (χ1) is 19.3. The molecule has 5 rings (SSSR count). The van der Waals surface area contributed by atoms with E-state index < -0.39 is 67.5 Å². The van der Waals surface area contributed by atoms with E-state index in [-0.39, 0.29) is 13.0 Å². The molecule has 3 aliphatic heterocycles. The third-order valence-electron chi connectivity index (χ3n) is 7.98. The molecule has 0 N–H and O–H groups in total. The maximum absolute atomic E-state index is 14.2. The zero-order chi connectivity index (χ0) is 29.7. The lowest BCUT2D eigenvalue weighted by Gasteiger charge is -2.38. The van der Waals surface area contributed by atoms with E-state index in [1.165, 1.54) is 11.8 Å². The second-order valence-electron chi connectivity index (χ2n) is 11.8. The average molecular weight is 583 g/mol. The molecule has 0 spiro atoms. The summed E-state index contributed by atoms with van der Waals surface area (Å²) in [6.45, 7) is 6.39. The lowest BCUT2D eigenvalue weighted by molar-refractivity contribution is -0.168. The number of hydrogen-bond acceptors (Lipinski definition) is 8. The van der Waals surface area contributed by atoms with Crippen LogP contribution in [-0.4, -0.2) is 76.3 Å². The summed E-state index contributed by atoms with van der Waals surface area (Å²) in [6, 6.07) is 15.1. The molecule has 0 saturated carbocycles. The van der Waals surface area contributed by atoms with Crippen molar-refractivity contribution < 1.29 is 37.1 Å². The first-order valence-electron chi connectivity index (χ1n) is 13.7. The van der Waals surface area contributed by atoms with Gasteiger partial charge >= 0.3 is 11.9 Å². The van der Waals surface area contributed by atoms with Gasteiger partial charge in [-0.25, -0.2) is 18.0 Å². The summed E-state index contributed by atoms with van der Waals surface area (Å²) in [5.41, 5.74) is 0.458. The number of carbonyl (C=O) groups is 4. The molecule has 1 unspecified atom stereocenters. The number of carbonyl (C=O) groups excluding carboxylic acids is 4. The number of nitrogens with zero attached hydrogens (tertiary/aromatic N) is 2. The fourth-order valence-electron chi connectivity index (χ4n) is 5.93. The molecule has 3 heterocycles. The summed E-state index contributed by atoms with van der Waals surface area (Å²) in [7, 11) is -4.38. The Bertz CT molecular complexity index is 1430. The molecule has 2 amide bonds. The molecule has 2 aromatic carbocycles. The van der Waals surface area contributed by atoms with Gasteiger partial charge in [-0.3, -0.25) is 9.59 Å². The van der Waals surface area contributed by atoms with Crippen LogP contribution in [0.5, 0.6) is 0 Å².